The van der Waals surface area contributed by atoms with Crippen LogP contribution in [0.1, 0.15) is 17.5 Å². The van der Waals surface area contributed by atoms with Crippen molar-refractivity contribution < 1.29 is 18.0 Å². The Morgan fingerprint density at radius 1 is 1.16 bits per heavy atom. The fourth-order valence-corrected chi connectivity index (χ4v) is 5.53. The summed E-state index contributed by atoms with van der Waals surface area (Å²) in [6, 6.07) is 13.3. The van der Waals surface area contributed by atoms with E-state index in [1.165, 1.54) is 12.1 Å². The van der Waals surface area contributed by atoms with E-state index in [9.17, 15) is 18.0 Å². The maximum atomic E-state index is 13.1. The molecule has 1 aliphatic heterocycles. The molecule has 0 bridgehead atoms. The molecule has 2 amide bonds. The van der Waals surface area contributed by atoms with Gasteiger partial charge in [-0.05, 0) is 37.1 Å². The number of hydrogen-bond acceptors (Lipinski definition) is 4. The molecule has 0 radical (unpaired) electrons. The summed E-state index contributed by atoms with van der Waals surface area (Å²) in [6.45, 7) is 2.59. The lowest BCUT2D eigenvalue weighted by molar-refractivity contribution is -0.131. The van der Waals surface area contributed by atoms with Crippen LogP contribution in [0, 0.1) is 6.92 Å². The van der Waals surface area contributed by atoms with Gasteiger partial charge in [-0.15, -0.1) is 0 Å². The average molecular weight is 455 g/mol. The molecule has 0 aliphatic carbocycles. The third kappa shape index (κ3) is 4.53. The standard InChI is InChI=1S/C23H26N4O4S/c1-16-6-8-18(9-7-16)32(30,31)27-13-12-25-23(29)21(27)14-22(28)24-11-10-17-15-26-20-5-3-2-4-19(17)20/h2-9,15,21,26H,10-14H2,1H3,(H,24,28)(H,25,29). The molecule has 1 aliphatic rings. The fraction of sp³-hybridized carbons (Fsp3) is 0.304. The van der Waals surface area contributed by atoms with E-state index in [1.54, 1.807) is 12.1 Å². The van der Waals surface area contributed by atoms with Gasteiger partial charge in [-0.2, -0.15) is 4.31 Å². The lowest BCUT2D eigenvalue weighted by atomic mass is 10.1. The van der Waals surface area contributed by atoms with Crippen molar-refractivity contribution in [2.24, 2.45) is 0 Å². The van der Waals surface area contributed by atoms with Crippen LogP contribution in [0.3, 0.4) is 0 Å². The van der Waals surface area contributed by atoms with Gasteiger partial charge in [0, 0.05) is 36.7 Å². The summed E-state index contributed by atoms with van der Waals surface area (Å²) in [5.74, 6) is -0.824. The second-order valence-corrected chi connectivity index (χ2v) is 9.79. The summed E-state index contributed by atoms with van der Waals surface area (Å²) < 4.78 is 27.4. The van der Waals surface area contributed by atoms with E-state index in [1.807, 2.05) is 37.4 Å². The number of aromatic nitrogens is 1. The third-order valence-corrected chi connectivity index (χ3v) is 7.60. The number of rotatable bonds is 7. The van der Waals surface area contributed by atoms with E-state index >= 15 is 0 Å². The number of carbonyl (C=O) groups is 2. The van der Waals surface area contributed by atoms with Gasteiger partial charge < -0.3 is 15.6 Å². The number of aromatic amines is 1. The summed E-state index contributed by atoms with van der Waals surface area (Å²) in [5.41, 5.74) is 3.05. The number of aryl methyl sites for hydroxylation is 1. The normalized spacial score (nSPS) is 17.3. The van der Waals surface area contributed by atoms with Gasteiger partial charge in [0.1, 0.15) is 6.04 Å². The molecule has 1 saturated heterocycles. The van der Waals surface area contributed by atoms with Crippen molar-refractivity contribution in [2.75, 3.05) is 19.6 Å². The number of piperazine rings is 1. The van der Waals surface area contributed by atoms with Crippen molar-refractivity contribution in [3.05, 3.63) is 65.9 Å². The van der Waals surface area contributed by atoms with Gasteiger partial charge in [-0.3, -0.25) is 9.59 Å². The monoisotopic (exact) mass is 454 g/mol. The summed E-state index contributed by atoms with van der Waals surface area (Å²) in [4.78, 5) is 28.4. The van der Waals surface area contributed by atoms with Crippen LogP contribution in [0.15, 0.2) is 59.6 Å². The predicted molar refractivity (Wildman–Crippen MR) is 121 cm³/mol. The molecule has 8 nitrogen and oxygen atoms in total. The van der Waals surface area contributed by atoms with Crippen LogP contribution in [-0.2, 0) is 26.0 Å². The van der Waals surface area contributed by atoms with E-state index in [4.69, 9.17) is 0 Å². The number of benzene rings is 2. The zero-order valence-corrected chi connectivity index (χ0v) is 18.6. The van der Waals surface area contributed by atoms with E-state index in [0.29, 0.717) is 13.0 Å². The summed E-state index contributed by atoms with van der Waals surface area (Å²) in [6.07, 6.45) is 2.31. The summed E-state index contributed by atoms with van der Waals surface area (Å²) in [5, 5.41) is 6.59. The van der Waals surface area contributed by atoms with Crippen LogP contribution in [0.5, 0.6) is 0 Å². The number of H-pyrrole nitrogens is 1. The minimum atomic E-state index is -3.90. The van der Waals surface area contributed by atoms with Gasteiger partial charge in [0.25, 0.3) is 0 Å². The maximum absolute atomic E-state index is 13.1. The minimum Gasteiger partial charge on any atom is -0.361 e. The average Bonchev–Trinajstić information content (AvgIpc) is 3.18. The Labute approximate surface area is 187 Å². The fourth-order valence-electron chi connectivity index (χ4n) is 3.94. The number of para-hydroxylation sites is 1. The molecule has 9 heteroatoms. The number of hydrogen-bond donors (Lipinski definition) is 3. The smallest absolute Gasteiger partial charge is 0.243 e. The second-order valence-electron chi connectivity index (χ2n) is 7.90. The highest BCUT2D eigenvalue weighted by Crippen LogP contribution is 2.22. The van der Waals surface area contributed by atoms with E-state index < -0.39 is 22.0 Å². The van der Waals surface area contributed by atoms with E-state index in [2.05, 4.69) is 15.6 Å². The summed E-state index contributed by atoms with van der Waals surface area (Å²) >= 11 is 0. The number of fused-ring (bicyclic) bond motifs is 1. The topological polar surface area (TPSA) is 111 Å². The molecule has 32 heavy (non-hydrogen) atoms. The highest BCUT2D eigenvalue weighted by atomic mass is 32.2. The molecule has 0 saturated carbocycles. The molecule has 2 heterocycles. The Kier molecular flexibility index (Phi) is 6.29. The number of amides is 2. The van der Waals surface area contributed by atoms with Gasteiger partial charge in [-0.1, -0.05) is 35.9 Å². The molecule has 168 valence electrons. The third-order valence-electron chi connectivity index (χ3n) is 5.68. The Balaban J connectivity index is 1.41. The Morgan fingerprint density at radius 3 is 2.69 bits per heavy atom. The Hall–Kier alpha value is -3.17. The van der Waals surface area contributed by atoms with Gasteiger partial charge in [-0.25, -0.2) is 8.42 Å². The summed E-state index contributed by atoms with van der Waals surface area (Å²) in [7, 11) is -3.90. The van der Waals surface area contributed by atoms with Gasteiger partial charge >= 0.3 is 0 Å². The Morgan fingerprint density at radius 2 is 1.91 bits per heavy atom. The largest absolute Gasteiger partial charge is 0.361 e. The molecule has 4 rings (SSSR count). The van der Waals surface area contributed by atoms with Crippen LogP contribution in [-0.4, -0.2) is 55.2 Å². The zero-order valence-electron chi connectivity index (χ0n) is 17.8. The first-order valence-corrected chi connectivity index (χ1v) is 12.0. The van der Waals surface area contributed by atoms with Crippen molar-refractivity contribution in [1.82, 2.24) is 19.9 Å². The molecule has 1 fully saturated rings. The zero-order chi connectivity index (χ0) is 22.7. The number of nitrogens with zero attached hydrogens (tertiary/aromatic N) is 1. The van der Waals surface area contributed by atoms with Crippen LogP contribution < -0.4 is 10.6 Å². The molecule has 1 aromatic heterocycles. The Bertz CT molecular complexity index is 1230. The van der Waals surface area contributed by atoms with Gasteiger partial charge in [0.05, 0.1) is 11.3 Å². The SMILES string of the molecule is Cc1ccc(S(=O)(=O)N2CCNC(=O)C2CC(=O)NCCc2c[nH]c3ccccc23)cc1. The predicted octanol–water partition coefficient (Wildman–Crippen LogP) is 1.71. The molecule has 1 atom stereocenters. The first kappa shape index (κ1) is 22.0. The van der Waals surface area contributed by atoms with Crippen LogP contribution in [0.2, 0.25) is 0 Å². The van der Waals surface area contributed by atoms with Gasteiger partial charge in [0.2, 0.25) is 21.8 Å². The van der Waals surface area contributed by atoms with Gasteiger partial charge in [0.15, 0.2) is 0 Å². The second kappa shape index (κ2) is 9.13. The molecule has 2 aromatic carbocycles. The molecule has 3 N–H and O–H groups in total. The molecule has 1 unspecified atom stereocenters. The maximum Gasteiger partial charge on any atom is 0.243 e. The van der Waals surface area contributed by atoms with Crippen LogP contribution in [0.25, 0.3) is 10.9 Å². The molecular formula is C23H26N4O4S. The highest BCUT2D eigenvalue weighted by Gasteiger charge is 2.39. The van der Waals surface area contributed by atoms with E-state index in [-0.39, 0.29) is 30.3 Å². The van der Waals surface area contributed by atoms with Crippen LogP contribution >= 0.6 is 0 Å². The quantitative estimate of drug-likeness (QED) is 0.505. The van der Waals surface area contributed by atoms with Crippen molar-refractivity contribution in [3.8, 4) is 0 Å². The lowest BCUT2D eigenvalue weighted by Crippen LogP contribution is -2.58. The molecule has 0 spiro atoms. The highest BCUT2D eigenvalue weighted by molar-refractivity contribution is 7.89. The van der Waals surface area contributed by atoms with Crippen molar-refractivity contribution in [1.29, 1.82) is 0 Å². The van der Waals surface area contributed by atoms with Crippen molar-refractivity contribution >= 4 is 32.7 Å². The van der Waals surface area contributed by atoms with E-state index in [0.717, 1.165) is 26.3 Å². The number of sulfonamides is 1. The first-order chi connectivity index (χ1) is 15.4. The lowest BCUT2D eigenvalue weighted by Gasteiger charge is -2.33. The molecular weight excluding hydrogens is 428 g/mol. The number of carbonyl (C=O) groups excluding carboxylic acids is 2. The number of nitrogens with one attached hydrogen (secondary N) is 3. The minimum absolute atomic E-state index is 0.113. The molecule has 3 aromatic rings. The van der Waals surface area contributed by atoms with Crippen molar-refractivity contribution in [3.63, 3.8) is 0 Å². The van der Waals surface area contributed by atoms with Crippen LogP contribution in [0.4, 0.5) is 0 Å². The first-order valence-electron chi connectivity index (χ1n) is 10.5. The van der Waals surface area contributed by atoms with Crippen molar-refractivity contribution in [2.45, 2.75) is 30.7 Å².